The molecule has 27 heavy (non-hydrogen) atoms. The molecular weight excluding hydrogens is 334 g/mol. The molecular formula is C24H23NO2. The highest BCUT2D eigenvalue weighted by Gasteiger charge is 2.42. The first kappa shape index (κ1) is 17.4. The zero-order chi connectivity index (χ0) is 18.7. The molecule has 1 aliphatic heterocycles. The number of nitrogens with two attached hydrogens (primary N) is 1. The van der Waals surface area contributed by atoms with Crippen molar-refractivity contribution in [2.45, 2.75) is 18.4 Å². The maximum Gasteiger partial charge on any atom is 0.189 e. The Balaban J connectivity index is 2.10. The average molecular weight is 357 g/mol. The normalized spacial score (nSPS) is 18.8. The first-order chi connectivity index (χ1) is 13.2. The molecule has 1 aliphatic rings. The third-order valence-electron chi connectivity index (χ3n) is 5.19. The summed E-state index contributed by atoms with van der Waals surface area (Å²) in [6, 6.07) is 31.0. The molecule has 1 fully saturated rings. The van der Waals surface area contributed by atoms with E-state index >= 15 is 0 Å². The van der Waals surface area contributed by atoms with E-state index in [-0.39, 0.29) is 12.9 Å². The summed E-state index contributed by atoms with van der Waals surface area (Å²) in [6.45, 7) is 2.20. The second-order valence-corrected chi connectivity index (χ2v) is 6.70. The van der Waals surface area contributed by atoms with Gasteiger partial charge >= 0.3 is 0 Å². The van der Waals surface area contributed by atoms with E-state index in [1.54, 1.807) is 0 Å². The SMILES string of the molecule is CC1OCOC1=C(N)C(c1ccccc1)(c1ccccc1)c1ccccc1. The summed E-state index contributed by atoms with van der Waals surface area (Å²) in [5.41, 5.74) is 10.2. The predicted octanol–water partition coefficient (Wildman–Crippen LogP) is 4.58. The van der Waals surface area contributed by atoms with E-state index in [4.69, 9.17) is 15.2 Å². The van der Waals surface area contributed by atoms with Crippen LogP contribution in [0.15, 0.2) is 102 Å². The summed E-state index contributed by atoms with van der Waals surface area (Å²) >= 11 is 0. The molecule has 0 radical (unpaired) electrons. The maximum atomic E-state index is 6.92. The molecule has 0 aromatic heterocycles. The van der Waals surface area contributed by atoms with E-state index in [1.807, 2.05) is 61.5 Å². The van der Waals surface area contributed by atoms with Crippen molar-refractivity contribution in [3.63, 3.8) is 0 Å². The molecule has 1 atom stereocenters. The Hall–Kier alpha value is -3.04. The van der Waals surface area contributed by atoms with E-state index in [2.05, 4.69) is 36.4 Å². The highest BCUT2D eigenvalue weighted by Crippen LogP contribution is 2.45. The molecule has 0 amide bonds. The van der Waals surface area contributed by atoms with Crippen molar-refractivity contribution in [2.75, 3.05) is 6.79 Å². The van der Waals surface area contributed by atoms with Gasteiger partial charge < -0.3 is 15.2 Å². The van der Waals surface area contributed by atoms with Gasteiger partial charge in [0.15, 0.2) is 6.79 Å². The van der Waals surface area contributed by atoms with E-state index in [0.717, 1.165) is 16.7 Å². The second kappa shape index (κ2) is 7.29. The highest BCUT2D eigenvalue weighted by atomic mass is 16.7. The average Bonchev–Trinajstić information content (AvgIpc) is 3.17. The Morgan fingerprint density at radius 1 is 0.778 bits per heavy atom. The maximum absolute atomic E-state index is 6.92. The van der Waals surface area contributed by atoms with Gasteiger partial charge in [0, 0.05) is 0 Å². The van der Waals surface area contributed by atoms with Gasteiger partial charge in [-0.3, -0.25) is 0 Å². The lowest BCUT2D eigenvalue weighted by Gasteiger charge is -2.37. The largest absolute Gasteiger partial charge is 0.467 e. The number of hydrogen-bond donors (Lipinski definition) is 1. The third-order valence-corrected chi connectivity index (χ3v) is 5.19. The molecule has 136 valence electrons. The standard InChI is InChI=1S/C24H23NO2/c1-18-22(27-17-26-18)23(25)24(19-11-5-2-6-12-19,20-13-7-3-8-14-20)21-15-9-4-10-16-21/h2-16,18H,17,25H2,1H3. The molecule has 3 nitrogen and oxygen atoms in total. The lowest BCUT2D eigenvalue weighted by molar-refractivity contribution is 0.0551. The van der Waals surface area contributed by atoms with E-state index in [1.165, 1.54) is 0 Å². The van der Waals surface area contributed by atoms with Crippen LogP contribution >= 0.6 is 0 Å². The summed E-state index contributed by atoms with van der Waals surface area (Å²) in [5.74, 6) is 0.701. The van der Waals surface area contributed by atoms with E-state index in [0.29, 0.717) is 11.5 Å². The molecule has 0 bridgehead atoms. The Morgan fingerprint density at radius 3 is 1.52 bits per heavy atom. The topological polar surface area (TPSA) is 44.5 Å². The minimum absolute atomic E-state index is 0.180. The highest BCUT2D eigenvalue weighted by molar-refractivity contribution is 5.58. The summed E-state index contributed by atoms with van der Waals surface area (Å²) in [6.07, 6.45) is -0.180. The van der Waals surface area contributed by atoms with Crippen LogP contribution in [0, 0.1) is 0 Å². The number of hydrogen-bond acceptors (Lipinski definition) is 3. The lowest BCUT2D eigenvalue weighted by Crippen LogP contribution is -2.37. The summed E-state index contributed by atoms with van der Waals surface area (Å²) in [7, 11) is 0. The van der Waals surface area contributed by atoms with Gasteiger partial charge in [0.1, 0.15) is 11.9 Å². The van der Waals surface area contributed by atoms with Crippen molar-refractivity contribution in [3.8, 4) is 0 Å². The first-order valence-electron chi connectivity index (χ1n) is 9.15. The molecule has 1 heterocycles. The summed E-state index contributed by atoms with van der Waals surface area (Å²) in [5, 5.41) is 0. The number of rotatable bonds is 4. The van der Waals surface area contributed by atoms with Crippen LogP contribution in [0.1, 0.15) is 23.6 Å². The number of ether oxygens (including phenoxy) is 2. The lowest BCUT2D eigenvalue weighted by atomic mass is 9.67. The minimum Gasteiger partial charge on any atom is -0.467 e. The van der Waals surface area contributed by atoms with Crippen molar-refractivity contribution in [2.24, 2.45) is 5.73 Å². The van der Waals surface area contributed by atoms with Crippen LogP contribution in [0.4, 0.5) is 0 Å². The first-order valence-corrected chi connectivity index (χ1v) is 9.15. The van der Waals surface area contributed by atoms with Crippen molar-refractivity contribution in [1.29, 1.82) is 0 Å². The Labute approximate surface area is 160 Å². The molecule has 2 N–H and O–H groups in total. The third kappa shape index (κ3) is 2.90. The van der Waals surface area contributed by atoms with Crippen LogP contribution in [-0.2, 0) is 14.9 Å². The minimum atomic E-state index is -0.666. The fourth-order valence-electron chi connectivity index (χ4n) is 3.91. The monoisotopic (exact) mass is 357 g/mol. The molecule has 1 unspecified atom stereocenters. The van der Waals surface area contributed by atoms with Gasteiger partial charge in [-0.1, -0.05) is 91.0 Å². The van der Waals surface area contributed by atoms with Gasteiger partial charge in [-0.05, 0) is 23.6 Å². The van der Waals surface area contributed by atoms with E-state index in [9.17, 15) is 0 Å². The van der Waals surface area contributed by atoms with Crippen LogP contribution in [0.25, 0.3) is 0 Å². The molecule has 3 heteroatoms. The molecule has 0 aliphatic carbocycles. The van der Waals surface area contributed by atoms with Crippen LogP contribution in [0.5, 0.6) is 0 Å². The zero-order valence-electron chi connectivity index (χ0n) is 15.3. The zero-order valence-corrected chi connectivity index (χ0v) is 15.3. The van der Waals surface area contributed by atoms with Gasteiger partial charge in [0.25, 0.3) is 0 Å². The van der Waals surface area contributed by atoms with Gasteiger partial charge in [-0.15, -0.1) is 0 Å². The van der Waals surface area contributed by atoms with Crippen LogP contribution in [0.3, 0.4) is 0 Å². The quantitative estimate of drug-likeness (QED) is 0.695. The number of allylic oxidation sites excluding steroid dienone is 1. The van der Waals surface area contributed by atoms with Crippen molar-refractivity contribution in [3.05, 3.63) is 119 Å². The van der Waals surface area contributed by atoms with Crippen molar-refractivity contribution < 1.29 is 9.47 Å². The van der Waals surface area contributed by atoms with Crippen molar-refractivity contribution >= 4 is 0 Å². The second-order valence-electron chi connectivity index (χ2n) is 6.70. The molecule has 0 spiro atoms. The Morgan fingerprint density at radius 2 is 1.19 bits per heavy atom. The van der Waals surface area contributed by atoms with Crippen molar-refractivity contribution in [1.82, 2.24) is 0 Å². The molecule has 0 saturated carbocycles. The van der Waals surface area contributed by atoms with Gasteiger partial charge in [0.2, 0.25) is 0 Å². The van der Waals surface area contributed by atoms with Gasteiger partial charge in [-0.25, -0.2) is 0 Å². The van der Waals surface area contributed by atoms with E-state index < -0.39 is 5.41 Å². The molecule has 1 saturated heterocycles. The van der Waals surface area contributed by atoms with Crippen LogP contribution in [0.2, 0.25) is 0 Å². The summed E-state index contributed by atoms with van der Waals surface area (Å²) in [4.78, 5) is 0. The number of benzene rings is 3. The fourth-order valence-corrected chi connectivity index (χ4v) is 3.91. The molecule has 4 rings (SSSR count). The molecule has 3 aromatic rings. The Kier molecular flexibility index (Phi) is 4.69. The summed E-state index contributed by atoms with van der Waals surface area (Å²) < 4.78 is 11.5. The van der Waals surface area contributed by atoms with Crippen LogP contribution < -0.4 is 5.73 Å². The van der Waals surface area contributed by atoms with Crippen LogP contribution in [-0.4, -0.2) is 12.9 Å². The molecule has 3 aromatic carbocycles. The van der Waals surface area contributed by atoms with Gasteiger partial charge in [-0.2, -0.15) is 0 Å². The van der Waals surface area contributed by atoms with Gasteiger partial charge in [0.05, 0.1) is 11.1 Å². The Bertz CT molecular complexity index is 824. The smallest absolute Gasteiger partial charge is 0.189 e. The fraction of sp³-hybridized carbons (Fsp3) is 0.167. The predicted molar refractivity (Wildman–Crippen MR) is 107 cm³/mol.